The van der Waals surface area contributed by atoms with Gasteiger partial charge in [0.05, 0.1) is 7.11 Å². The highest BCUT2D eigenvalue weighted by atomic mass is 16.5. The molecular weight excluding hydrogens is 186 g/mol. The quantitative estimate of drug-likeness (QED) is 0.682. The van der Waals surface area contributed by atoms with Crippen LogP contribution in [0.15, 0.2) is 23.7 Å². The van der Waals surface area contributed by atoms with Gasteiger partial charge in [0.15, 0.2) is 0 Å². The van der Waals surface area contributed by atoms with Crippen LogP contribution >= 0.6 is 0 Å². The molecule has 0 heterocycles. The molecule has 0 spiro atoms. The molecule has 0 saturated carbocycles. The number of nitrogens with zero attached hydrogens (tertiary/aromatic N) is 1. The summed E-state index contributed by atoms with van der Waals surface area (Å²) in [5.74, 6) is 1.21. The Morgan fingerprint density at radius 3 is 2.47 bits per heavy atom. The predicted octanol–water partition coefficient (Wildman–Crippen LogP) is 3.79. The van der Waals surface area contributed by atoms with Crippen LogP contribution in [0.5, 0.6) is 5.75 Å². The van der Waals surface area contributed by atoms with Gasteiger partial charge in [0.2, 0.25) is 0 Å². The second-order valence-electron chi connectivity index (χ2n) is 3.68. The zero-order valence-corrected chi connectivity index (χ0v) is 9.58. The van der Waals surface area contributed by atoms with Crippen LogP contribution in [0.1, 0.15) is 30.9 Å². The minimum atomic E-state index is 0.455. The van der Waals surface area contributed by atoms with Crippen molar-refractivity contribution >= 4 is 18.5 Å². The molecule has 0 radical (unpaired) electrons. The molecule has 1 aromatic rings. The molecule has 0 N–H and O–H groups in total. The van der Waals surface area contributed by atoms with Gasteiger partial charge in [-0.2, -0.15) is 0 Å². The van der Waals surface area contributed by atoms with Crippen molar-refractivity contribution in [1.82, 2.24) is 0 Å². The van der Waals surface area contributed by atoms with E-state index in [2.05, 4.69) is 38.2 Å². The first-order valence-corrected chi connectivity index (χ1v) is 4.95. The summed E-state index contributed by atoms with van der Waals surface area (Å²) in [5, 5.41) is 0. The Kier molecular flexibility index (Phi) is 3.67. The fourth-order valence-corrected chi connectivity index (χ4v) is 1.47. The topological polar surface area (TPSA) is 21.6 Å². The first-order chi connectivity index (χ1) is 7.13. The summed E-state index contributed by atoms with van der Waals surface area (Å²) in [7, 11) is 1.64. The summed E-state index contributed by atoms with van der Waals surface area (Å²) in [6, 6.07) is 4.08. The van der Waals surface area contributed by atoms with Gasteiger partial charge in [-0.05, 0) is 30.3 Å². The maximum absolute atomic E-state index is 5.29. The van der Waals surface area contributed by atoms with Crippen LogP contribution in [0.2, 0.25) is 0 Å². The Bertz CT molecular complexity index is 380. The van der Waals surface area contributed by atoms with Crippen LogP contribution in [0.25, 0.3) is 6.08 Å². The highest BCUT2D eigenvalue weighted by Crippen LogP contribution is 2.35. The summed E-state index contributed by atoms with van der Waals surface area (Å²) in [4.78, 5) is 3.97. The standard InChI is InChI=1S/C13H17NO/c1-6-10-7-11(9(2)3)8-12(15-5)13(10)14-4/h6-9H,1,4H2,2-3,5H3. The van der Waals surface area contributed by atoms with Gasteiger partial charge in [-0.3, -0.25) is 4.99 Å². The van der Waals surface area contributed by atoms with Gasteiger partial charge < -0.3 is 4.74 Å². The third kappa shape index (κ3) is 2.27. The largest absolute Gasteiger partial charge is 0.494 e. The van der Waals surface area contributed by atoms with Crippen molar-refractivity contribution in [1.29, 1.82) is 0 Å². The molecule has 0 fully saturated rings. The van der Waals surface area contributed by atoms with E-state index >= 15 is 0 Å². The molecule has 0 aromatic heterocycles. The Morgan fingerprint density at radius 2 is 2.07 bits per heavy atom. The second kappa shape index (κ2) is 4.78. The fourth-order valence-electron chi connectivity index (χ4n) is 1.47. The lowest BCUT2D eigenvalue weighted by molar-refractivity contribution is 0.415. The Hall–Kier alpha value is -1.57. The van der Waals surface area contributed by atoms with E-state index in [1.807, 2.05) is 6.07 Å². The molecule has 0 saturated heterocycles. The number of hydrogen-bond donors (Lipinski definition) is 0. The van der Waals surface area contributed by atoms with Crippen LogP contribution < -0.4 is 4.74 Å². The van der Waals surface area contributed by atoms with E-state index in [0.717, 1.165) is 17.0 Å². The van der Waals surface area contributed by atoms with Gasteiger partial charge in [0.25, 0.3) is 0 Å². The molecule has 0 aliphatic heterocycles. The Labute approximate surface area is 91.3 Å². The number of rotatable bonds is 4. The van der Waals surface area contributed by atoms with E-state index in [9.17, 15) is 0 Å². The van der Waals surface area contributed by atoms with Crippen LogP contribution in [-0.4, -0.2) is 13.8 Å². The monoisotopic (exact) mass is 203 g/mol. The van der Waals surface area contributed by atoms with Gasteiger partial charge in [-0.1, -0.05) is 26.5 Å². The molecular formula is C13H17NO. The maximum Gasteiger partial charge on any atom is 0.145 e. The van der Waals surface area contributed by atoms with Crippen molar-refractivity contribution in [3.05, 3.63) is 29.8 Å². The molecule has 0 amide bonds. The minimum absolute atomic E-state index is 0.455. The number of aliphatic imine (C=N–C) groups is 1. The molecule has 2 heteroatoms. The van der Waals surface area contributed by atoms with E-state index in [1.165, 1.54) is 5.56 Å². The molecule has 0 unspecified atom stereocenters. The molecule has 1 rings (SSSR count). The fraction of sp³-hybridized carbons (Fsp3) is 0.308. The third-order valence-corrected chi connectivity index (χ3v) is 2.39. The predicted molar refractivity (Wildman–Crippen MR) is 66.4 cm³/mol. The molecule has 0 atom stereocenters. The maximum atomic E-state index is 5.29. The SMILES string of the molecule is C=Cc1cc(C(C)C)cc(OC)c1N=C. The summed E-state index contributed by atoms with van der Waals surface area (Å²) >= 11 is 0. The highest BCUT2D eigenvalue weighted by molar-refractivity contribution is 5.72. The van der Waals surface area contributed by atoms with Gasteiger partial charge in [-0.15, -0.1) is 0 Å². The summed E-state index contributed by atoms with van der Waals surface area (Å²) in [5.41, 5.74) is 2.94. The lowest BCUT2D eigenvalue weighted by Crippen LogP contribution is -1.92. The van der Waals surface area contributed by atoms with Crippen molar-refractivity contribution in [2.75, 3.05) is 7.11 Å². The van der Waals surface area contributed by atoms with E-state index in [1.54, 1.807) is 13.2 Å². The van der Waals surface area contributed by atoms with Crippen LogP contribution in [-0.2, 0) is 0 Å². The van der Waals surface area contributed by atoms with E-state index in [0.29, 0.717) is 5.92 Å². The average Bonchev–Trinajstić information content (AvgIpc) is 2.26. The van der Waals surface area contributed by atoms with Gasteiger partial charge in [0.1, 0.15) is 11.4 Å². The number of hydrogen-bond acceptors (Lipinski definition) is 2. The zero-order valence-electron chi connectivity index (χ0n) is 9.58. The van der Waals surface area contributed by atoms with Crippen molar-refractivity contribution < 1.29 is 4.74 Å². The summed E-state index contributed by atoms with van der Waals surface area (Å²) in [6.45, 7) is 11.6. The van der Waals surface area contributed by atoms with Gasteiger partial charge in [0, 0.05) is 5.56 Å². The minimum Gasteiger partial charge on any atom is -0.494 e. The van der Waals surface area contributed by atoms with Crippen LogP contribution in [0.3, 0.4) is 0 Å². The Morgan fingerprint density at radius 1 is 1.40 bits per heavy atom. The smallest absolute Gasteiger partial charge is 0.145 e. The van der Waals surface area contributed by atoms with Gasteiger partial charge in [-0.25, -0.2) is 0 Å². The van der Waals surface area contributed by atoms with Crippen molar-refractivity contribution in [2.24, 2.45) is 4.99 Å². The molecule has 1 aromatic carbocycles. The van der Waals surface area contributed by atoms with E-state index in [4.69, 9.17) is 4.74 Å². The molecule has 0 aliphatic carbocycles. The number of ether oxygens (including phenoxy) is 1. The van der Waals surface area contributed by atoms with Crippen molar-refractivity contribution in [3.8, 4) is 5.75 Å². The second-order valence-corrected chi connectivity index (χ2v) is 3.68. The first kappa shape index (κ1) is 11.5. The van der Waals surface area contributed by atoms with Crippen molar-refractivity contribution in [2.45, 2.75) is 19.8 Å². The molecule has 15 heavy (non-hydrogen) atoms. The van der Waals surface area contributed by atoms with Gasteiger partial charge >= 0.3 is 0 Å². The van der Waals surface area contributed by atoms with Crippen molar-refractivity contribution in [3.63, 3.8) is 0 Å². The van der Waals surface area contributed by atoms with Crippen LogP contribution in [0.4, 0.5) is 5.69 Å². The third-order valence-electron chi connectivity index (χ3n) is 2.39. The van der Waals surface area contributed by atoms with Crippen LogP contribution in [0, 0.1) is 0 Å². The number of benzene rings is 1. The summed E-state index contributed by atoms with van der Waals surface area (Å²) in [6.07, 6.45) is 1.78. The lowest BCUT2D eigenvalue weighted by atomic mass is 9.99. The van der Waals surface area contributed by atoms with E-state index in [-0.39, 0.29) is 0 Å². The number of methoxy groups -OCH3 is 1. The molecule has 0 bridgehead atoms. The summed E-state index contributed by atoms with van der Waals surface area (Å²) < 4.78 is 5.29. The normalized spacial score (nSPS) is 10.1. The average molecular weight is 203 g/mol. The van der Waals surface area contributed by atoms with E-state index < -0.39 is 0 Å². The lowest BCUT2D eigenvalue weighted by Gasteiger charge is -2.12. The molecule has 0 aliphatic rings. The highest BCUT2D eigenvalue weighted by Gasteiger charge is 2.10. The zero-order chi connectivity index (χ0) is 11.4. The first-order valence-electron chi connectivity index (χ1n) is 4.95. The Balaban J connectivity index is 3.41. The molecule has 2 nitrogen and oxygen atoms in total. The molecule has 80 valence electrons.